The van der Waals surface area contributed by atoms with Gasteiger partial charge in [-0.3, -0.25) is 14.3 Å². The predicted octanol–water partition coefficient (Wildman–Crippen LogP) is 2.55. The van der Waals surface area contributed by atoms with Gasteiger partial charge in [-0.25, -0.2) is 8.42 Å². The van der Waals surface area contributed by atoms with Crippen molar-refractivity contribution in [2.75, 3.05) is 4.72 Å². The van der Waals surface area contributed by atoms with Gasteiger partial charge in [0.1, 0.15) is 4.90 Å². The Morgan fingerprint density at radius 1 is 0.962 bits per heavy atom. The fourth-order valence-corrected chi connectivity index (χ4v) is 4.39. The second kappa shape index (κ2) is 6.00. The van der Waals surface area contributed by atoms with Crippen LogP contribution < -0.4 is 15.8 Å². The van der Waals surface area contributed by atoms with Gasteiger partial charge in [0.25, 0.3) is 10.0 Å². The highest BCUT2D eigenvalue weighted by Crippen LogP contribution is 2.40. The van der Waals surface area contributed by atoms with E-state index in [0.717, 1.165) is 12.8 Å². The third-order valence-corrected chi connectivity index (χ3v) is 6.12. The molecule has 1 saturated carbocycles. The molecule has 1 heterocycles. The summed E-state index contributed by atoms with van der Waals surface area (Å²) in [5, 5.41) is -0.0673. The largest absolute Gasteiger partial charge is 0.316 e. The molecule has 0 bridgehead atoms. The summed E-state index contributed by atoms with van der Waals surface area (Å²) >= 11 is 6.09. The number of nitrogens with one attached hydrogen (secondary N) is 3. The van der Waals surface area contributed by atoms with Gasteiger partial charge in [-0.15, -0.1) is 0 Å². The van der Waals surface area contributed by atoms with Gasteiger partial charge in [0, 0.05) is 5.69 Å². The van der Waals surface area contributed by atoms with E-state index in [0.29, 0.717) is 11.6 Å². The SMILES string of the molecule is O=c1[nH]c2cc(Cl)c(S(=O)(=O)Nc3ccc(C4CC4)cc3)cc2[nH]c1=O. The number of benzene rings is 2. The molecular formula is C17H14ClN3O4S. The van der Waals surface area contributed by atoms with E-state index in [1.807, 2.05) is 12.1 Å². The molecular weight excluding hydrogens is 378 g/mol. The van der Waals surface area contributed by atoms with Crippen molar-refractivity contribution in [2.24, 2.45) is 0 Å². The summed E-state index contributed by atoms with van der Waals surface area (Å²) in [6, 6.07) is 9.73. The van der Waals surface area contributed by atoms with Crippen LogP contribution in [0.15, 0.2) is 50.9 Å². The first-order valence-corrected chi connectivity index (χ1v) is 9.78. The van der Waals surface area contributed by atoms with E-state index < -0.39 is 21.1 Å². The van der Waals surface area contributed by atoms with Crippen molar-refractivity contribution in [3.8, 4) is 0 Å². The molecule has 7 nitrogen and oxygen atoms in total. The monoisotopic (exact) mass is 391 g/mol. The van der Waals surface area contributed by atoms with Crippen molar-refractivity contribution in [1.29, 1.82) is 0 Å². The second-order valence-corrected chi connectivity index (χ2v) is 8.30. The number of hydrogen-bond acceptors (Lipinski definition) is 4. The maximum Gasteiger partial charge on any atom is 0.314 e. The number of H-pyrrole nitrogens is 2. The maximum absolute atomic E-state index is 12.7. The number of aromatic amines is 2. The zero-order valence-electron chi connectivity index (χ0n) is 13.4. The van der Waals surface area contributed by atoms with Crippen LogP contribution in [-0.2, 0) is 10.0 Å². The fraction of sp³-hybridized carbons (Fsp3) is 0.176. The highest BCUT2D eigenvalue weighted by molar-refractivity contribution is 7.92. The van der Waals surface area contributed by atoms with E-state index in [1.54, 1.807) is 12.1 Å². The van der Waals surface area contributed by atoms with Gasteiger partial charge >= 0.3 is 11.1 Å². The number of rotatable bonds is 4. The molecule has 0 saturated heterocycles. The molecule has 0 aliphatic heterocycles. The lowest BCUT2D eigenvalue weighted by Crippen LogP contribution is -2.29. The second-order valence-electron chi connectivity index (χ2n) is 6.24. The molecule has 9 heteroatoms. The Kier molecular flexibility index (Phi) is 3.89. The quantitative estimate of drug-likeness (QED) is 0.593. The lowest BCUT2D eigenvalue weighted by atomic mass is 10.1. The molecule has 0 radical (unpaired) electrons. The molecule has 0 amide bonds. The van der Waals surface area contributed by atoms with Crippen LogP contribution in [0.4, 0.5) is 5.69 Å². The molecule has 1 aromatic heterocycles. The molecule has 4 rings (SSSR count). The van der Waals surface area contributed by atoms with Crippen molar-refractivity contribution in [3.63, 3.8) is 0 Å². The summed E-state index contributed by atoms with van der Waals surface area (Å²) in [6.45, 7) is 0. The lowest BCUT2D eigenvalue weighted by molar-refractivity contribution is 0.601. The number of aromatic nitrogens is 2. The molecule has 1 aliphatic rings. The van der Waals surface area contributed by atoms with Gasteiger partial charge in [-0.1, -0.05) is 23.7 Å². The number of fused-ring (bicyclic) bond motifs is 1. The van der Waals surface area contributed by atoms with Crippen molar-refractivity contribution >= 4 is 38.3 Å². The predicted molar refractivity (Wildman–Crippen MR) is 99.4 cm³/mol. The minimum atomic E-state index is -3.97. The van der Waals surface area contributed by atoms with E-state index in [-0.39, 0.29) is 21.0 Å². The fourth-order valence-electron chi connectivity index (χ4n) is 2.77. The standard InChI is InChI=1S/C17H14ClN3O4S/c18-12-7-13-14(20-17(23)16(22)19-13)8-15(12)26(24,25)21-11-5-3-10(4-6-11)9-1-2-9/h3-9,21H,1-2H2,(H,19,22)(H,20,23). The van der Waals surface area contributed by atoms with Crippen LogP contribution in [-0.4, -0.2) is 18.4 Å². The van der Waals surface area contributed by atoms with Crippen LogP contribution in [0.2, 0.25) is 5.02 Å². The van der Waals surface area contributed by atoms with Gasteiger partial charge in [-0.2, -0.15) is 0 Å². The van der Waals surface area contributed by atoms with Crippen LogP contribution in [0, 0.1) is 0 Å². The molecule has 2 aromatic carbocycles. The minimum absolute atomic E-state index is 0.0673. The first kappa shape index (κ1) is 16.9. The Labute approximate surface area is 153 Å². The molecule has 3 aromatic rings. The first-order valence-electron chi connectivity index (χ1n) is 7.92. The maximum atomic E-state index is 12.7. The molecule has 3 N–H and O–H groups in total. The van der Waals surface area contributed by atoms with Gasteiger partial charge in [0.15, 0.2) is 0 Å². The van der Waals surface area contributed by atoms with E-state index in [9.17, 15) is 18.0 Å². The van der Waals surface area contributed by atoms with Gasteiger partial charge in [0.2, 0.25) is 0 Å². The van der Waals surface area contributed by atoms with E-state index >= 15 is 0 Å². The van der Waals surface area contributed by atoms with E-state index in [2.05, 4.69) is 14.7 Å². The van der Waals surface area contributed by atoms with Crippen molar-refractivity contribution in [2.45, 2.75) is 23.7 Å². The molecule has 1 fully saturated rings. The van der Waals surface area contributed by atoms with E-state index in [4.69, 9.17) is 11.6 Å². The van der Waals surface area contributed by atoms with Crippen LogP contribution in [0.3, 0.4) is 0 Å². The van der Waals surface area contributed by atoms with Crippen molar-refractivity contribution in [3.05, 3.63) is 67.7 Å². The smallest absolute Gasteiger partial charge is 0.314 e. The third-order valence-electron chi connectivity index (χ3n) is 4.28. The summed E-state index contributed by atoms with van der Waals surface area (Å²) < 4.78 is 27.9. The highest BCUT2D eigenvalue weighted by Gasteiger charge is 2.24. The Balaban J connectivity index is 1.72. The number of anilines is 1. The summed E-state index contributed by atoms with van der Waals surface area (Å²) in [5.74, 6) is 0.578. The average Bonchev–Trinajstić information content (AvgIpc) is 3.41. The number of sulfonamides is 1. The van der Waals surface area contributed by atoms with Crippen molar-refractivity contribution < 1.29 is 8.42 Å². The summed E-state index contributed by atoms with van der Waals surface area (Å²) in [5.41, 5.74) is 0.319. The summed E-state index contributed by atoms with van der Waals surface area (Å²) in [6.07, 6.45) is 2.33. The number of hydrogen-bond donors (Lipinski definition) is 3. The Morgan fingerprint density at radius 2 is 1.54 bits per heavy atom. The molecule has 134 valence electrons. The van der Waals surface area contributed by atoms with Crippen LogP contribution in [0.5, 0.6) is 0 Å². The van der Waals surface area contributed by atoms with Gasteiger partial charge < -0.3 is 9.97 Å². The highest BCUT2D eigenvalue weighted by atomic mass is 35.5. The van der Waals surface area contributed by atoms with Crippen LogP contribution in [0.25, 0.3) is 11.0 Å². The third kappa shape index (κ3) is 3.13. The lowest BCUT2D eigenvalue weighted by Gasteiger charge is -2.11. The van der Waals surface area contributed by atoms with Crippen molar-refractivity contribution in [1.82, 2.24) is 9.97 Å². The topological polar surface area (TPSA) is 112 Å². The molecule has 0 spiro atoms. The first-order chi connectivity index (χ1) is 12.3. The average molecular weight is 392 g/mol. The number of halogens is 1. The summed E-state index contributed by atoms with van der Waals surface area (Å²) in [4.78, 5) is 27.3. The van der Waals surface area contributed by atoms with Gasteiger partial charge in [-0.05, 0) is 48.6 Å². The Bertz CT molecular complexity index is 1230. The Morgan fingerprint density at radius 3 is 2.12 bits per heavy atom. The summed E-state index contributed by atoms with van der Waals surface area (Å²) in [7, 11) is -3.97. The molecule has 26 heavy (non-hydrogen) atoms. The molecule has 0 atom stereocenters. The van der Waals surface area contributed by atoms with Crippen LogP contribution >= 0.6 is 11.6 Å². The minimum Gasteiger partial charge on any atom is -0.316 e. The molecule has 0 unspecified atom stereocenters. The zero-order valence-corrected chi connectivity index (χ0v) is 14.9. The molecule has 1 aliphatic carbocycles. The Hall–Kier alpha value is -2.58. The van der Waals surface area contributed by atoms with E-state index in [1.165, 1.54) is 17.7 Å². The van der Waals surface area contributed by atoms with Crippen LogP contribution in [0.1, 0.15) is 24.3 Å². The van der Waals surface area contributed by atoms with Gasteiger partial charge in [0.05, 0.1) is 16.1 Å². The zero-order chi connectivity index (χ0) is 18.5. The normalized spacial score (nSPS) is 14.5.